The van der Waals surface area contributed by atoms with Gasteiger partial charge in [-0.15, -0.1) is 0 Å². The third-order valence-electron chi connectivity index (χ3n) is 4.63. The fourth-order valence-corrected chi connectivity index (χ4v) is 3.67. The quantitative estimate of drug-likeness (QED) is 0.414. The van der Waals surface area contributed by atoms with Crippen molar-refractivity contribution in [1.82, 2.24) is 15.0 Å². The summed E-state index contributed by atoms with van der Waals surface area (Å²) in [7, 11) is 1.50. The molecule has 0 aliphatic rings. The van der Waals surface area contributed by atoms with Crippen molar-refractivity contribution in [2.75, 3.05) is 7.11 Å². The van der Waals surface area contributed by atoms with Gasteiger partial charge in [0.2, 0.25) is 0 Å². The van der Waals surface area contributed by atoms with Gasteiger partial charge in [0.1, 0.15) is 5.75 Å². The molecule has 0 aliphatic heterocycles. The van der Waals surface area contributed by atoms with Crippen LogP contribution in [0.1, 0.15) is 0 Å². The molecule has 0 radical (unpaired) electrons. The number of fused-ring (bicyclic) bond motifs is 8. The monoisotopic (exact) mass is 335 g/mol. The predicted octanol–water partition coefficient (Wildman–Crippen LogP) is 0.609. The Morgan fingerprint density at radius 2 is 1.24 bits per heavy atom. The van der Waals surface area contributed by atoms with Crippen LogP contribution in [-0.4, -0.2) is 22.1 Å². The third kappa shape index (κ3) is 1.46. The number of H-pyrrole nitrogens is 3. The molecule has 0 bridgehead atoms. The Balaban J connectivity index is 2.34. The van der Waals surface area contributed by atoms with Gasteiger partial charge < -0.3 is 9.72 Å². The first-order valence-corrected chi connectivity index (χ1v) is 7.42. The summed E-state index contributed by atoms with van der Waals surface area (Å²) in [6, 6.07) is 5.23. The highest BCUT2D eigenvalue weighted by atomic mass is 16.5. The number of benzene rings is 2. The molecule has 3 N–H and O–H groups in total. The Labute approximate surface area is 136 Å². The van der Waals surface area contributed by atoms with Gasteiger partial charge in [-0.3, -0.25) is 29.1 Å². The number of para-hydroxylation sites is 1. The second-order valence-electron chi connectivity index (χ2n) is 5.82. The number of aromatic nitrogens is 3. The summed E-state index contributed by atoms with van der Waals surface area (Å²) in [5.74, 6) is 0.519. The average molecular weight is 335 g/mol. The van der Waals surface area contributed by atoms with E-state index in [1.807, 2.05) is 0 Å². The Bertz CT molecular complexity index is 1560. The summed E-state index contributed by atoms with van der Waals surface area (Å²) in [6.07, 6.45) is 0. The molecule has 122 valence electrons. The lowest BCUT2D eigenvalue weighted by molar-refractivity contribution is 0.419. The number of methoxy groups -OCH3 is 1. The smallest absolute Gasteiger partial charge is 0.261 e. The first kappa shape index (κ1) is 13.7. The van der Waals surface area contributed by atoms with Crippen molar-refractivity contribution in [2.45, 2.75) is 0 Å². The normalized spacial score (nSPS) is 12.0. The highest BCUT2D eigenvalue weighted by Gasteiger charge is 2.24. The van der Waals surface area contributed by atoms with Crippen LogP contribution in [0.15, 0.2) is 37.4 Å². The molecule has 0 amide bonds. The minimum atomic E-state index is -0.686. The highest BCUT2D eigenvalue weighted by molar-refractivity contribution is 6.31. The van der Waals surface area contributed by atoms with E-state index < -0.39 is 22.2 Å². The second kappa shape index (κ2) is 4.23. The van der Waals surface area contributed by atoms with Crippen molar-refractivity contribution in [1.29, 1.82) is 0 Å². The molecule has 3 heterocycles. The van der Waals surface area contributed by atoms with E-state index in [0.717, 1.165) is 0 Å². The van der Waals surface area contributed by atoms with E-state index in [-0.39, 0.29) is 21.5 Å². The zero-order valence-electron chi connectivity index (χ0n) is 12.8. The first-order valence-electron chi connectivity index (χ1n) is 7.42. The van der Waals surface area contributed by atoms with Crippen LogP contribution in [0.3, 0.4) is 0 Å². The molecule has 8 nitrogen and oxygen atoms in total. The van der Waals surface area contributed by atoms with Gasteiger partial charge >= 0.3 is 0 Å². The van der Waals surface area contributed by atoms with Crippen LogP contribution in [0.5, 0.6) is 5.75 Å². The van der Waals surface area contributed by atoms with E-state index in [0.29, 0.717) is 27.6 Å². The van der Waals surface area contributed by atoms with E-state index in [2.05, 4.69) is 15.0 Å². The molecule has 0 saturated carbocycles. The van der Waals surface area contributed by atoms with Crippen LogP contribution in [0.25, 0.3) is 43.4 Å². The maximum absolute atomic E-state index is 12.4. The lowest BCUT2D eigenvalue weighted by Gasteiger charge is -2.00. The fourth-order valence-electron chi connectivity index (χ4n) is 3.67. The summed E-state index contributed by atoms with van der Waals surface area (Å²) >= 11 is 0. The molecule has 3 aromatic heterocycles. The number of aromatic amines is 3. The van der Waals surface area contributed by atoms with Crippen LogP contribution >= 0.6 is 0 Å². The second-order valence-corrected chi connectivity index (χ2v) is 5.82. The van der Waals surface area contributed by atoms with Crippen LogP contribution in [-0.2, 0) is 0 Å². The molecule has 5 aromatic rings. The zero-order chi connectivity index (χ0) is 17.5. The van der Waals surface area contributed by atoms with Crippen molar-refractivity contribution in [3.8, 4) is 5.75 Å². The Morgan fingerprint density at radius 1 is 0.680 bits per heavy atom. The summed E-state index contributed by atoms with van der Waals surface area (Å²) in [5.41, 5.74) is -1.65. The van der Waals surface area contributed by atoms with Gasteiger partial charge in [-0.2, -0.15) is 0 Å². The largest absolute Gasteiger partial charge is 0.495 e. The minimum Gasteiger partial charge on any atom is -0.495 e. The fraction of sp³-hybridized carbons (Fsp3) is 0.0588. The van der Waals surface area contributed by atoms with Crippen molar-refractivity contribution in [3.05, 3.63) is 59.6 Å². The molecule has 0 atom stereocenters. The van der Waals surface area contributed by atoms with E-state index in [1.54, 1.807) is 18.2 Å². The van der Waals surface area contributed by atoms with Gasteiger partial charge in [0.05, 0.1) is 39.7 Å². The molecule has 25 heavy (non-hydrogen) atoms. The lowest BCUT2D eigenvalue weighted by Crippen LogP contribution is -2.08. The topological polar surface area (TPSA) is 125 Å². The predicted molar refractivity (Wildman–Crippen MR) is 93.5 cm³/mol. The third-order valence-corrected chi connectivity index (χ3v) is 4.63. The van der Waals surface area contributed by atoms with Gasteiger partial charge in [0.25, 0.3) is 22.2 Å². The van der Waals surface area contributed by atoms with Crippen molar-refractivity contribution >= 4 is 43.4 Å². The van der Waals surface area contributed by atoms with Crippen LogP contribution < -0.4 is 27.0 Å². The maximum Gasteiger partial charge on any atom is 0.261 e. The molecule has 0 fully saturated rings. The van der Waals surface area contributed by atoms with Gasteiger partial charge in [0.15, 0.2) is 0 Å². The minimum absolute atomic E-state index is 0.0560. The number of nitrogens with one attached hydrogen (secondary N) is 3. The average Bonchev–Trinajstić information content (AvgIpc) is 3.19. The van der Waals surface area contributed by atoms with Crippen molar-refractivity contribution in [3.63, 3.8) is 0 Å². The summed E-state index contributed by atoms with van der Waals surface area (Å²) in [4.78, 5) is 56.6. The molecular weight excluding hydrogens is 326 g/mol. The highest BCUT2D eigenvalue weighted by Crippen LogP contribution is 2.37. The summed E-state index contributed by atoms with van der Waals surface area (Å²) < 4.78 is 5.33. The number of hydrogen-bond donors (Lipinski definition) is 3. The standard InChI is InChI=1S/C17H9N3O5/c1-25-6-4-2-3-5-7-8-9(15(22)19-14(8)21)10-11(13(7)18-12(5)6)17(24)20-16(10)23/h2-4,18H,1H3,(H,19,21,22)(H,20,23,24). The number of rotatable bonds is 1. The molecule has 5 rings (SSSR count). The Morgan fingerprint density at radius 3 is 1.88 bits per heavy atom. The van der Waals surface area contributed by atoms with E-state index >= 15 is 0 Å². The first-order chi connectivity index (χ1) is 12.0. The SMILES string of the molecule is COc1cccc2c1[nH]c1c3c(=O)[nH]c(=O)c3c3c(=O)[nH]c(=O)c3c21. The molecular formula is C17H9N3O5. The van der Waals surface area contributed by atoms with Gasteiger partial charge in [-0.25, -0.2) is 0 Å². The van der Waals surface area contributed by atoms with Crippen LogP contribution in [0.4, 0.5) is 0 Å². The molecule has 8 heteroatoms. The molecule has 0 spiro atoms. The zero-order valence-corrected chi connectivity index (χ0v) is 12.8. The summed E-state index contributed by atoms with van der Waals surface area (Å²) in [5, 5.41) is 1.10. The van der Waals surface area contributed by atoms with Gasteiger partial charge in [0, 0.05) is 10.8 Å². The lowest BCUT2D eigenvalue weighted by atomic mass is 10.0. The van der Waals surface area contributed by atoms with Crippen molar-refractivity contribution in [2.24, 2.45) is 0 Å². The van der Waals surface area contributed by atoms with Gasteiger partial charge in [-0.1, -0.05) is 12.1 Å². The van der Waals surface area contributed by atoms with E-state index in [4.69, 9.17) is 4.74 Å². The Kier molecular flexibility index (Phi) is 2.33. The van der Waals surface area contributed by atoms with E-state index in [1.165, 1.54) is 7.11 Å². The Hall–Kier alpha value is -3.68. The number of hydrogen-bond acceptors (Lipinski definition) is 5. The number of ether oxygens (including phenoxy) is 1. The van der Waals surface area contributed by atoms with Crippen LogP contribution in [0.2, 0.25) is 0 Å². The molecule has 0 aliphatic carbocycles. The molecule has 2 aromatic carbocycles. The van der Waals surface area contributed by atoms with Crippen molar-refractivity contribution < 1.29 is 4.74 Å². The van der Waals surface area contributed by atoms with Gasteiger partial charge in [-0.05, 0) is 6.07 Å². The summed E-state index contributed by atoms with van der Waals surface area (Å²) in [6.45, 7) is 0. The van der Waals surface area contributed by atoms with Crippen LogP contribution in [0, 0.1) is 0 Å². The molecule has 0 saturated heterocycles. The molecule has 0 unspecified atom stereocenters. The van der Waals surface area contributed by atoms with E-state index in [9.17, 15) is 19.2 Å². The maximum atomic E-state index is 12.4.